The molecule has 0 bridgehead atoms. The van der Waals surface area contributed by atoms with E-state index in [0.717, 1.165) is 0 Å². The zero-order chi connectivity index (χ0) is 8.43. The van der Waals surface area contributed by atoms with E-state index in [9.17, 15) is 10.2 Å². The van der Waals surface area contributed by atoms with Gasteiger partial charge >= 0.3 is 0 Å². The number of aliphatic hydroxyl groups excluding tert-OH is 3. The van der Waals surface area contributed by atoms with Crippen LogP contribution in [0.1, 0.15) is 13.3 Å². The van der Waals surface area contributed by atoms with Crippen LogP contribution >= 0.6 is 0 Å². The first-order chi connectivity index (χ1) is 5.15. The van der Waals surface area contributed by atoms with Gasteiger partial charge in [-0.3, -0.25) is 0 Å². The molecule has 4 atom stereocenters. The minimum Gasteiger partial charge on any atom is -0.394 e. The summed E-state index contributed by atoms with van der Waals surface area (Å²) in [4.78, 5) is 0. The Morgan fingerprint density at radius 3 is 2.14 bits per heavy atom. The fourth-order valence-electron chi connectivity index (χ4n) is 1.31. The van der Waals surface area contributed by atoms with Gasteiger partial charge in [-0.25, -0.2) is 0 Å². The fraction of sp³-hybridized carbons (Fsp3) is 1.00. The molecule has 4 nitrogen and oxygen atoms in total. The van der Waals surface area contributed by atoms with E-state index in [1.807, 2.05) is 0 Å². The van der Waals surface area contributed by atoms with Crippen LogP contribution in [-0.4, -0.2) is 46.3 Å². The van der Waals surface area contributed by atoms with Crippen LogP contribution in [0.4, 0.5) is 0 Å². The third-order valence-electron chi connectivity index (χ3n) is 1.94. The third-order valence-corrected chi connectivity index (χ3v) is 1.94. The topological polar surface area (TPSA) is 69.9 Å². The fourth-order valence-corrected chi connectivity index (χ4v) is 1.31. The monoisotopic (exact) mass is 843 g/mol. The van der Waals surface area contributed by atoms with Crippen LogP contribution in [0.3, 0.4) is 0 Å². The summed E-state index contributed by atoms with van der Waals surface area (Å²) in [7, 11) is 0. The summed E-state index contributed by atoms with van der Waals surface area (Å²) in [5, 5.41) is 27.1. The molecular formula is C7H14Ac3O4. The molecular weight excluding hydrogens is 829 g/mol. The number of hydrogen-bond donors (Lipinski definition) is 3. The normalized spacial score (nSPS) is 36.0. The van der Waals surface area contributed by atoms with Gasteiger partial charge in [0, 0.05) is 139 Å². The molecule has 0 aromatic rings. The molecule has 1 fully saturated rings. The van der Waals surface area contributed by atoms with Gasteiger partial charge in [-0.1, -0.05) is 0 Å². The van der Waals surface area contributed by atoms with E-state index in [0.29, 0.717) is 6.42 Å². The van der Waals surface area contributed by atoms with Gasteiger partial charge in [0.2, 0.25) is 0 Å². The van der Waals surface area contributed by atoms with Crippen molar-refractivity contribution < 1.29 is 152 Å². The van der Waals surface area contributed by atoms with Crippen molar-refractivity contribution in [3.8, 4) is 0 Å². The van der Waals surface area contributed by atoms with Crippen LogP contribution in [-0.2, 0) is 4.74 Å². The summed E-state index contributed by atoms with van der Waals surface area (Å²) in [6.45, 7) is 1.56. The SMILES string of the molecule is CC1CC(O)C(O)C(CO)O1.[Ac].[Ac].[Ac]. The largest absolute Gasteiger partial charge is 0.394 e. The molecule has 1 saturated heterocycles. The van der Waals surface area contributed by atoms with E-state index in [1.165, 1.54) is 0 Å². The number of aliphatic hydroxyl groups is 3. The Bertz CT molecular complexity index is 138. The summed E-state index contributed by atoms with van der Waals surface area (Å²) in [6, 6.07) is 0. The minimum atomic E-state index is -0.948. The maximum Gasteiger partial charge on any atom is 0.109 e. The second-order valence-electron chi connectivity index (χ2n) is 2.96. The van der Waals surface area contributed by atoms with Crippen molar-refractivity contribution in [2.45, 2.75) is 37.8 Å². The average Bonchev–Trinajstić information content (AvgIpc) is 1.96. The molecule has 1 aliphatic rings. The molecule has 0 amide bonds. The molecule has 0 saturated carbocycles. The van der Waals surface area contributed by atoms with Crippen LogP contribution in [0.5, 0.6) is 0 Å². The van der Waals surface area contributed by atoms with E-state index in [1.54, 1.807) is 6.92 Å². The molecule has 1 aliphatic heterocycles. The van der Waals surface area contributed by atoms with Gasteiger partial charge in [0.05, 0.1) is 18.8 Å². The molecule has 14 heavy (non-hydrogen) atoms. The summed E-state index contributed by atoms with van der Waals surface area (Å²) < 4.78 is 5.16. The Hall–Kier alpha value is 4.16. The zero-order valence-corrected chi connectivity index (χ0v) is 22.4. The summed E-state index contributed by atoms with van der Waals surface area (Å²) in [6.07, 6.45) is -2.01. The Balaban J connectivity index is -0.000000403. The zero-order valence-electron chi connectivity index (χ0n) is 8.21. The Morgan fingerprint density at radius 1 is 1.21 bits per heavy atom. The van der Waals surface area contributed by atoms with Gasteiger partial charge in [-0.15, -0.1) is 0 Å². The van der Waals surface area contributed by atoms with Crippen molar-refractivity contribution in [1.82, 2.24) is 0 Å². The Morgan fingerprint density at radius 2 is 1.71 bits per heavy atom. The van der Waals surface area contributed by atoms with Gasteiger partial charge in [0.1, 0.15) is 12.2 Å². The van der Waals surface area contributed by atoms with Gasteiger partial charge in [0.25, 0.3) is 0 Å². The van der Waals surface area contributed by atoms with Crippen LogP contribution in [0.2, 0.25) is 0 Å². The molecule has 3 radical (unpaired) electrons. The number of hydrogen-bond acceptors (Lipinski definition) is 4. The first-order valence-electron chi connectivity index (χ1n) is 3.77. The van der Waals surface area contributed by atoms with E-state index < -0.39 is 18.3 Å². The molecule has 7 heteroatoms. The van der Waals surface area contributed by atoms with E-state index in [2.05, 4.69) is 0 Å². The van der Waals surface area contributed by atoms with Gasteiger partial charge in [-0.2, -0.15) is 0 Å². The quantitative estimate of drug-likeness (QED) is 0.314. The van der Waals surface area contributed by atoms with Crippen molar-refractivity contribution in [1.29, 1.82) is 0 Å². The Kier molecular flexibility index (Phi) is 20.3. The van der Waals surface area contributed by atoms with E-state index >= 15 is 0 Å². The second kappa shape index (κ2) is 12.2. The molecule has 1 heterocycles. The van der Waals surface area contributed by atoms with Gasteiger partial charge in [-0.05, 0) is 6.92 Å². The number of rotatable bonds is 1. The predicted molar refractivity (Wildman–Crippen MR) is 38.1 cm³/mol. The standard InChI is InChI=1S/C7H14O4.3Ac/c1-4-2-5(9)7(10)6(3-8)11-4;;;/h4-10H,2-3H2,1H3;;;. The van der Waals surface area contributed by atoms with Crippen LogP contribution < -0.4 is 0 Å². The molecule has 3 N–H and O–H groups in total. The molecule has 0 aromatic heterocycles. The molecule has 75 valence electrons. The summed E-state index contributed by atoms with van der Waals surface area (Å²) in [5.41, 5.74) is 0. The number of ether oxygens (including phenoxy) is 1. The van der Waals surface area contributed by atoms with Crippen molar-refractivity contribution in [2.75, 3.05) is 6.61 Å². The van der Waals surface area contributed by atoms with Crippen LogP contribution in [0, 0.1) is 132 Å². The van der Waals surface area contributed by atoms with E-state index in [-0.39, 0.29) is 145 Å². The second-order valence-corrected chi connectivity index (χ2v) is 2.96. The third kappa shape index (κ3) is 7.57. The van der Waals surface area contributed by atoms with Crippen molar-refractivity contribution in [3.05, 3.63) is 0 Å². The van der Waals surface area contributed by atoms with Crippen molar-refractivity contribution in [2.24, 2.45) is 0 Å². The van der Waals surface area contributed by atoms with Crippen LogP contribution in [0.15, 0.2) is 0 Å². The van der Waals surface area contributed by atoms with E-state index in [4.69, 9.17) is 9.84 Å². The maximum absolute atomic E-state index is 9.22. The average molecular weight is 843 g/mol. The Labute approximate surface area is 192 Å². The summed E-state index contributed by atoms with van der Waals surface area (Å²) in [5.74, 6) is 0. The molecule has 0 aliphatic carbocycles. The first kappa shape index (κ1) is 23.3. The van der Waals surface area contributed by atoms with Crippen molar-refractivity contribution in [3.63, 3.8) is 0 Å². The van der Waals surface area contributed by atoms with Crippen LogP contribution in [0.25, 0.3) is 0 Å². The van der Waals surface area contributed by atoms with Gasteiger partial charge < -0.3 is 20.1 Å². The first-order valence-corrected chi connectivity index (χ1v) is 3.77. The van der Waals surface area contributed by atoms with Gasteiger partial charge in [0.15, 0.2) is 0 Å². The molecule has 4 unspecified atom stereocenters. The molecule has 1 rings (SSSR count). The maximum atomic E-state index is 9.22. The van der Waals surface area contributed by atoms with Crippen molar-refractivity contribution >= 4 is 0 Å². The molecule has 0 spiro atoms. The smallest absolute Gasteiger partial charge is 0.109 e. The minimum absolute atomic E-state index is 0. The summed E-state index contributed by atoms with van der Waals surface area (Å²) >= 11 is 0. The molecule has 0 aromatic carbocycles. The predicted octanol–water partition coefficient (Wildman–Crippen LogP) is -1.12.